The van der Waals surface area contributed by atoms with E-state index in [0.717, 1.165) is 0 Å². The number of primary amides is 2. The third-order valence-corrected chi connectivity index (χ3v) is 3.59. The number of nitrogens with two attached hydrogens (primary N) is 2. The predicted octanol–water partition coefficient (Wildman–Crippen LogP) is 0.467. The van der Waals surface area contributed by atoms with Crippen molar-refractivity contribution in [2.45, 2.75) is 0 Å². The van der Waals surface area contributed by atoms with E-state index in [-0.39, 0.29) is 0 Å². The Morgan fingerprint density at radius 1 is 0.615 bits per heavy atom. The van der Waals surface area contributed by atoms with Gasteiger partial charge in [-0.15, -0.1) is 0 Å². The highest BCUT2D eigenvalue weighted by Gasteiger charge is 2.42. The molecule has 0 aliphatic heterocycles. The number of carbonyl (C=O) groups excluding carboxylic acids is 4. The molecule has 0 heterocycles. The van der Waals surface area contributed by atoms with E-state index in [1.54, 1.807) is 60.7 Å². The number of para-hydroxylation sites is 2. The fourth-order valence-electron chi connectivity index (χ4n) is 2.37. The fourth-order valence-corrected chi connectivity index (χ4v) is 2.37. The summed E-state index contributed by atoms with van der Waals surface area (Å²) in [5.74, 6) is -7.56. The molecule has 0 fully saturated rings. The van der Waals surface area contributed by atoms with Gasteiger partial charge < -0.3 is 22.1 Å². The van der Waals surface area contributed by atoms with E-state index in [4.69, 9.17) is 11.5 Å². The van der Waals surface area contributed by atoms with Crippen LogP contribution >= 0.6 is 0 Å². The van der Waals surface area contributed by atoms with Gasteiger partial charge in [0.05, 0.1) is 0 Å². The second kappa shape index (κ2) is 8.43. The third-order valence-electron chi connectivity index (χ3n) is 3.59. The van der Waals surface area contributed by atoms with Crippen LogP contribution in [-0.2, 0) is 19.2 Å². The summed E-state index contributed by atoms with van der Waals surface area (Å²) in [4.78, 5) is 48.5. The van der Waals surface area contributed by atoms with E-state index >= 15 is 0 Å². The van der Waals surface area contributed by atoms with E-state index in [9.17, 15) is 19.2 Å². The molecular formula is C18H18N4O4. The van der Waals surface area contributed by atoms with Gasteiger partial charge in [-0.1, -0.05) is 36.4 Å². The summed E-state index contributed by atoms with van der Waals surface area (Å²) in [5, 5.41) is 4.90. The lowest BCUT2D eigenvalue weighted by Crippen LogP contribution is -2.49. The first kappa shape index (κ1) is 18.7. The normalized spacial score (nSPS) is 12.5. The molecule has 2 unspecified atom stereocenters. The van der Waals surface area contributed by atoms with E-state index < -0.39 is 35.5 Å². The number of benzene rings is 2. The second-order valence-corrected chi connectivity index (χ2v) is 5.47. The molecule has 8 heteroatoms. The van der Waals surface area contributed by atoms with Crippen molar-refractivity contribution < 1.29 is 19.2 Å². The maximum Gasteiger partial charge on any atom is 0.238 e. The average molecular weight is 354 g/mol. The van der Waals surface area contributed by atoms with Gasteiger partial charge in [-0.25, -0.2) is 0 Å². The molecule has 2 aromatic rings. The zero-order valence-electron chi connectivity index (χ0n) is 13.7. The van der Waals surface area contributed by atoms with Gasteiger partial charge in [-0.05, 0) is 24.3 Å². The first-order chi connectivity index (χ1) is 12.4. The second-order valence-electron chi connectivity index (χ2n) is 5.47. The molecule has 0 aliphatic rings. The van der Waals surface area contributed by atoms with Crippen molar-refractivity contribution in [3.8, 4) is 0 Å². The van der Waals surface area contributed by atoms with E-state index in [2.05, 4.69) is 10.6 Å². The number of carbonyl (C=O) groups is 4. The van der Waals surface area contributed by atoms with E-state index in [1.165, 1.54) is 0 Å². The van der Waals surface area contributed by atoms with Crippen LogP contribution in [0.5, 0.6) is 0 Å². The molecule has 6 N–H and O–H groups in total. The lowest BCUT2D eigenvalue weighted by atomic mass is 9.89. The standard InChI is InChI=1S/C18H18N4O4/c19-15(23)13(17(25)21-11-7-3-1-4-8-11)14(16(20)24)18(26)22-12-9-5-2-6-10-12/h1-10,13-14H,(H2,19,23)(H2,20,24)(H,21,25)(H,22,26). The number of nitrogens with one attached hydrogen (secondary N) is 2. The summed E-state index contributed by atoms with van der Waals surface area (Å²) in [6.07, 6.45) is 0. The van der Waals surface area contributed by atoms with Gasteiger partial charge in [-0.3, -0.25) is 19.2 Å². The monoisotopic (exact) mass is 354 g/mol. The maximum atomic E-state index is 12.5. The number of hydrogen-bond acceptors (Lipinski definition) is 4. The van der Waals surface area contributed by atoms with E-state index in [1.807, 2.05) is 0 Å². The average Bonchev–Trinajstić information content (AvgIpc) is 2.60. The SMILES string of the molecule is NC(=O)C(C(=O)Nc1ccccc1)C(C(N)=O)C(=O)Nc1ccccc1. The van der Waals surface area contributed by atoms with Crippen molar-refractivity contribution in [2.75, 3.05) is 10.6 Å². The van der Waals surface area contributed by atoms with Gasteiger partial charge in [0, 0.05) is 11.4 Å². The van der Waals surface area contributed by atoms with Crippen LogP contribution in [0.1, 0.15) is 0 Å². The van der Waals surface area contributed by atoms with Crippen LogP contribution < -0.4 is 22.1 Å². The third kappa shape index (κ3) is 4.67. The highest BCUT2D eigenvalue weighted by atomic mass is 16.2. The van der Waals surface area contributed by atoms with Gasteiger partial charge in [0.25, 0.3) is 0 Å². The molecule has 2 rings (SSSR count). The smallest absolute Gasteiger partial charge is 0.238 e. The van der Waals surface area contributed by atoms with Crippen LogP contribution in [0, 0.1) is 11.8 Å². The minimum absolute atomic E-state index is 0.385. The Balaban J connectivity index is 2.25. The fraction of sp³-hybridized carbons (Fsp3) is 0.111. The Morgan fingerprint density at radius 3 is 1.19 bits per heavy atom. The molecular weight excluding hydrogens is 336 g/mol. The lowest BCUT2D eigenvalue weighted by molar-refractivity contribution is -0.143. The topological polar surface area (TPSA) is 144 Å². The van der Waals surface area contributed by atoms with Crippen LogP contribution in [0.4, 0.5) is 11.4 Å². The van der Waals surface area contributed by atoms with Crippen LogP contribution in [-0.4, -0.2) is 23.6 Å². The predicted molar refractivity (Wildman–Crippen MR) is 95.5 cm³/mol. The van der Waals surface area contributed by atoms with Gasteiger partial charge in [0.15, 0.2) is 0 Å². The zero-order chi connectivity index (χ0) is 19.1. The molecule has 0 saturated carbocycles. The molecule has 2 aromatic carbocycles. The quantitative estimate of drug-likeness (QED) is 0.535. The minimum atomic E-state index is -1.75. The first-order valence-electron chi connectivity index (χ1n) is 7.70. The summed E-state index contributed by atoms with van der Waals surface area (Å²) in [7, 11) is 0. The largest absolute Gasteiger partial charge is 0.369 e. The lowest BCUT2D eigenvalue weighted by Gasteiger charge is -2.21. The van der Waals surface area contributed by atoms with Crippen molar-refractivity contribution in [2.24, 2.45) is 23.3 Å². The van der Waals surface area contributed by atoms with Crippen molar-refractivity contribution >= 4 is 35.0 Å². The molecule has 4 amide bonds. The summed E-state index contributed by atoms with van der Waals surface area (Å²) in [6.45, 7) is 0. The first-order valence-corrected chi connectivity index (χ1v) is 7.70. The molecule has 134 valence electrons. The van der Waals surface area contributed by atoms with Crippen LogP contribution in [0.25, 0.3) is 0 Å². The van der Waals surface area contributed by atoms with Crippen molar-refractivity contribution in [1.82, 2.24) is 0 Å². The molecule has 26 heavy (non-hydrogen) atoms. The zero-order valence-corrected chi connectivity index (χ0v) is 13.7. The molecule has 0 spiro atoms. The molecule has 8 nitrogen and oxygen atoms in total. The highest BCUT2D eigenvalue weighted by Crippen LogP contribution is 2.18. The number of rotatable bonds is 7. The van der Waals surface area contributed by atoms with E-state index in [0.29, 0.717) is 11.4 Å². The molecule has 0 saturated heterocycles. The summed E-state index contributed by atoms with van der Waals surface area (Å²) >= 11 is 0. The molecule has 0 aromatic heterocycles. The molecule has 0 radical (unpaired) electrons. The Labute approximate surface area is 149 Å². The Bertz CT molecular complexity index is 739. The van der Waals surface area contributed by atoms with Crippen LogP contribution in [0.15, 0.2) is 60.7 Å². The Kier molecular flexibility index (Phi) is 6.05. The van der Waals surface area contributed by atoms with Crippen molar-refractivity contribution in [3.05, 3.63) is 60.7 Å². The van der Waals surface area contributed by atoms with Crippen LogP contribution in [0.3, 0.4) is 0 Å². The number of anilines is 2. The summed E-state index contributed by atoms with van der Waals surface area (Å²) in [6, 6.07) is 16.5. The highest BCUT2D eigenvalue weighted by molar-refractivity contribution is 6.17. The van der Waals surface area contributed by atoms with Gasteiger partial charge in [0.1, 0.15) is 11.8 Å². The van der Waals surface area contributed by atoms with Gasteiger partial charge in [0.2, 0.25) is 23.6 Å². The number of hydrogen-bond donors (Lipinski definition) is 4. The molecule has 0 bridgehead atoms. The van der Waals surface area contributed by atoms with Gasteiger partial charge in [-0.2, -0.15) is 0 Å². The Morgan fingerprint density at radius 2 is 0.923 bits per heavy atom. The van der Waals surface area contributed by atoms with Gasteiger partial charge >= 0.3 is 0 Å². The Hall–Kier alpha value is -3.68. The number of amides is 4. The summed E-state index contributed by atoms with van der Waals surface area (Å²) < 4.78 is 0. The van der Waals surface area contributed by atoms with Crippen molar-refractivity contribution in [1.29, 1.82) is 0 Å². The van der Waals surface area contributed by atoms with Crippen molar-refractivity contribution in [3.63, 3.8) is 0 Å². The molecule has 0 aliphatic carbocycles. The summed E-state index contributed by atoms with van der Waals surface area (Å²) in [5.41, 5.74) is 11.3. The molecule has 2 atom stereocenters. The minimum Gasteiger partial charge on any atom is -0.369 e. The maximum absolute atomic E-state index is 12.5. The van der Waals surface area contributed by atoms with Crippen LogP contribution in [0.2, 0.25) is 0 Å².